The number of nitrogens with two attached hydrogens (primary N) is 1. The third-order valence-electron chi connectivity index (χ3n) is 4.38. The highest BCUT2D eigenvalue weighted by molar-refractivity contribution is 5.78. The van der Waals surface area contributed by atoms with Crippen LogP contribution in [0.15, 0.2) is 30.6 Å². The first-order chi connectivity index (χ1) is 12.7. The van der Waals surface area contributed by atoms with E-state index < -0.39 is 0 Å². The fourth-order valence-corrected chi connectivity index (χ4v) is 3.00. The number of piperazine rings is 1. The average Bonchev–Trinajstić information content (AvgIpc) is 2.66. The van der Waals surface area contributed by atoms with Crippen LogP contribution < -0.4 is 20.7 Å². The zero-order valence-corrected chi connectivity index (χ0v) is 15.1. The third-order valence-corrected chi connectivity index (χ3v) is 4.38. The van der Waals surface area contributed by atoms with E-state index in [1.165, 1.54) is 6.33 Å². The zero-order chi connectivity index (χ0) is 18.4. The van der Waals surface area contributed by atoms with Crippen LogP contribution in [-0.2, 0) is 0 Å². The SMILES string of the molecule is CCOc1ccc(Nc2ncnc(N3CCN(CCO)CC3)c2N)cc1. The molecule has 8 heteroatoms. The van der Waals surface area contributed by atoms with Gasteiger partial charge in [0.25, 0.3) is 0 Å². The Morgan fingerprint density at radius 3 is 2.54 bits per heavy atom. The lowest BCUT2D eigenvalue weighted by atomic mass is 10.2. The number of ether oxygens (including phenoxy) is 1. The number of anilines is 4. The maximum atomic E-state index is 9.06. The zero-order valence-electron chi connectivity index (χ0n) is 15.1. The number of hydrogen-bond acceptors (Lipinski definition) is 8. The molecule has 4 N–H and O–H groups in total. The molecule has 2 aromatic rings. The van der Waals surface area contributed by atoms with Crippen LogP contribution in [0.1, 0.15) is 6.92 Å². The molecule has 3 rings (SSSR count). The van der Waals surface area contributed by atoms with Crippen molar-refractivity contribution >= 4 is 23.0 Å². The number of aromatic nitrogens is 2. The minimum absolute atomic E-state index is 0.186. The molecule has 2 heterocycles. The van der Waals surface area contributed by atoms with Crippen molar-refractivity contribution in [3.8, 4) is 5.75 Å². The molecule has 0 saturated carbocycles. The molecule has 0 atom stereocenters. The van der Waals surface area contributed by atoms with E-state index in [0.29, 0.717) is 24.7 Å². The Morgan fingerprint density at radius 2 is 1.88 bits per heavy atom. The van der Waals surface area contributed by atoms with Gasteiger partial charge in [-0.2, -0.15) is 0 Å². The van der Waals surface area contributed by atoms with Crippen molar-refractivity contribution in [1.29, 1.82) is 0 Å². The first-order valence-corrected chi connectivity index (χ1v) is 8.89. The standard InChI is InChI=1S/C18H26N6O2/c1-2-26-15-5-3-14(4-6-15)22-17-16(19)18(21-13-20-17)24-9-7-23(8-10-24)11-12-25/h3-6,13,25H,2,7-12,19H2,1H3,(H,20,21,22). The summed E-state index contributed by atoms with van der Waals surface area (Å²) < 4.78 is 5.45. The van der Waals surface area contributed by atoms with Crippen LogP contribution in [0.4, 0.5) is 23.0 Å². The molecule has 1 saturated heterocycles. The predicted octanol–water partition coefficient (Wildman–Crippen LogP) is 1.32. The maximum Gasteiger partial charge on any atom is 0.159 e. The Bertz CT molecular complexity index is 701. The lowest BCUT2D eigenvalue weighted by molar-refractivity contribution is 0.188. The summed E-state index contributed by atoms with van der Waals surface area (Å²) in [5, 5.41) is 12.3. The van der Waals surface area contributed by atoms with Gasteiger partial charge in [-0.3, -0.25) is 4.90 Å². The number of nitrogens with one attached hydrogen (secondary N) is 1. The summed E-state index contributed by atoms with van der Waals surface area (Å²) in [6, 6.07) is 7.68. The summed E-state index contributed by atoms with van der Waals surface area (Å²) in [5.74, 6) is 2.17. The summed E-state index contributed by atoms with van der Waals surface area (Å²) in [7, 11) is 0. The molecule has 140 valence electrons. The van der Waals surface area contributed by atoms with Gasteiger partial charge in [-0.05, 0) is 31.2 Å². The second-order valence-corrected chi connectivity index (χ2v) is 6.09. The van der Waals surface area contributed by atoms with Crippen LogP contribution in [-0.4, -0.2) is 65.9 Å². The smallest absolute Gasteiger partial charge is 0.159 e. The molecule has 0 aliphatic carbocycles. The topological polar surface area (TPSA) is 99.8 Å². The second kappa shape index (κ2) is 8.68. The number of benzene rings is 1. The number of aliphatic hydroxyl groups excluding tert-OH is 1. The highest BCUT2D eigenvalue weighted by Gasteiger charge is 2.21. The number of nitrogen functional groups attached to an aromatic ring is 1. The van der Waals surface area contributed by atoms with Crippen LogP contribution in [0.3, 0.4) is 0 Å². The van der Waals surface area contributed by atoms with Crippen LogP contribution in [0.5, 0.6) is 5.75 Å². The van der Waals surface area contributed by atoms with Gasteiger partial charge in [0.05, 0.1) is 13.2 Å². The van der Waals surface area contributed by atoms with E-state index in [4.69, 9.17) is 15.6 Å². The van der Waals surface area contributed by atoms with Gasteiger partial charge in [0.15, 0.2) is 11.6 Å². The van der Waals surface area contributed by atoms with Crippen LogP contribution in [0.25, 0.3) is 0 Å². The van der Waals surface area contributed by atoms with Gasteiger partial charge < -0.3 is 25.8 Å². The molecule has 0 radical (unpaired) electrons. The van der Waals surface area contributed by atoms with E-state index >= 15 is 0 Å². The lowest BCUT2D eigenvalue weighted by Gasteiger charge is -2.35. The second-order valence-electron chi connectivity index (χ2n) is 6.09. The van der Waals surface area contributed by atoms with Crippen molar-refractivity contribution < 1.29 is 9.84 Å². The van der Waals surface area contributed by atoms with Crippen molar-refractivity contribution in [2.75, 3.05) is 61.9 Å². The summed E-state index contributed by atoms with van der Waals surface area (Å²) >= 11 is 0. The monoisotopic (exact) mass is 358 g/mol. The van der Waals surface area contributed by atoms with Crippen molar-refractivity contribution in [3.05, 3.63) is 30.6 Å². The first kappa shape index (κ1) is 18.2. The Hall–Kier alpha value is -2.58. The number of hydrogen-bond donors (Lipinski definition) is 3. The molecule has 8 nitrogen and oxygen atoms in total. The maximum absolute atomic E-state index is 9.06. The quantitative estimate of drug-likeness (QED) is 0.681. The van der Waals surface area contributed by atoms with Crippen molar-refractivity contribution in [2.24, 2.45) is 0 Å². The summed E-state index contributed by atoms with van der Waals surface area (Å²) in [4.78, 5) is 13.0. The molecule has 1 aliphatic heterocycles. The molecular formula is C18H26N6O2. The summed E-state index contributed by atoms with van der Waals surface area (Å²) in [5.41, 5.74) is 7.75. The van der Waals surface area contributed by atoms with E-state index in [0.717, 1.165) is 43.4 Å². The molecule has 1 aromatic carbocycles. The van der Waals surface area contributed by atoms with Gasteiger partial charge in [-0.25, -0.2) is 9.97 Å². The molecule has 0 spiro atoms. The summed E-state index contributed by atoms with van der Waals surface area (Å²) in [6.07, 6.45) is 1.53. The van der Waals surface area contributed by atoms with Crippen molar-refractivity contribution in [2.45, 2.75) is 6.92 Å². The van der Waals surface area contributed by atoms with Gasteiger partial charge in [0, 0.05) is 38.4 Å². The molecule has 0 amide bonds. The fraction of sp³-hybridized carbons (Fsp3) is 0.444. The fourth-order valence-electron chi connectivity index (χ4n) is 3.00. The molecule has 26 heavy (non-hydrogen) atoms. The van der Waals surface area contributed by atoms with Gasteiger partial charge in [0.1, 0.15) is 17.8 Å². The van der Waals surface area contributed by atoms with Crippen molar-refractivity contribution in [1.82, 2.24) is 14.9 Å². The predicted molar refractivity (Wildman–Crippen MR) is 103 cm³/mol. The largest absolute Gasteiger partial charge is 0.494 e. The number of rotatable bonds is 7. The number of aliphatic hydroxyl groups is 1. The van der Waals surface area contributed by atoms with Gasteiger partial charge in [0.2, 0.25) is 0 Å². The van der Waals surface area contributed by atoms with E-state index in [2.05, 4.69) is 25.1 Å². The van der Waals surface area contributed by atoms with Crippen molar-refractivity contribution in [3.63, 3.8) is 0 Å². The van der Waals surface area contributed by atoms with Gasteiger partial charge >= 0.3 is 0 Å². The third kappa shape index (κ3) is 4.33. The minimum atomic E-state index is 0.186. The molecular weight excluding hydrogens is 332 g/mol. The van der Waals surface area contributed by atoms with E-state index in [1.807, 2.05) is 31.2 Å². The Balaban J connectivity index is 1.69. The summed E-state index contributed by atoms with van der Waals surface area (Å²) in [6.45, 7) is 6.90. The number of nitrogens with zero attached hydrogens (tertiary/aromatic N) is 4. The highest BCUT2D eigenvalue weighted by Crippen LogP contribution is 2.29. The highest BCUT2D eigenvalue weighted by atomic mass is 16.5. The van der Waals surface area contributed by atoms with E-state index in [1.54, 1.807) is 0 Å². The molecule has 0 unspecified atom stereocenters. The minimum Gasteiger partial charge on any atom is -0.494 e. The lowest BCUT2D eigenvalue weighted by Crippen LogP contribution is -2.47. The number of β-amino-alcohol motifs (C(OH)–C–C–N with tert-alkyl or cyclic N) is 1. The van der Waals surface area contributed by atoms with Gasteiger partial charge in [-0.15, -0.1) is 0 Å². The normalized spacial score (nSPS) is 15.1. The van der Waals surface area contributed by atoms with Crippen LogP contribution in [0, 0.1) is 0 Å². The Labute approximate surface area is 153 Å². The molecule has 1 fully saturated rings. The molecule has 0 bridgehead atoms. The van der Waals surface area contributed by atoms with Crippen LogP contribution >= 0.6 is 0 Å². The van der Waals surface area contributed by atoms with Gasteiger partial charge in [-0.1, -0.05) is 0 Å². The average molecular weight is 358 g/mol. The Morgan fingerprint density at radius 1 is 1.15 bits per heavy atom. The Kier molecular flexibility index (Phi) is 6.08. The van der Waals surface area contributed by atoms with E-state index in [-0.39, 0.29) is 6.61 Å². The van der Waals surface area contributed by atoms with E-state index in [9.17, 15) is 0 Å². The molecule has 1 aliphatic rings. The van der Waals surface area contributed by atoms with Crippen LogP contribution in [0.2, 0.25) is 0 Å². The molecule has 1 aromatic heterocycles. The first-order valence-electron chi connectivity index (χ1n) is 8.89.